The van der Waals surface area contributed by atoms with Gasteiger partial charge in [0.2, 0.25) is 0 Å². The van der Waals surface area contributed by atoms with Crippen molar-refractivity contribution in [2.75, 3.05) is 18.5 Å². The zero-order valence-corrected chi connectivity index (χ0v) is 11.0. The Bertz CT molecular complexity index is 407. The maximum atomic E-state index is 11.6. The molecule has 0 aromatic heterocycles. The van der Waals surface area contributed by atoms with Crippen LogP contribution in [0.4, 0.5) is 10.5 Å². The summed E-state index contributed by atoms with van der Waals surface area (Å²) in [5, 5.41) is 14.2. The molecule has 0 bridgehead atoms. The van der Waals surface area contributed by atoms with E-state index in [1.54, 1.807) is 13.0 Å². The summed E-state index contributed by atoms with van der Waals surface area (Å²) in [7, 11) is 0. The van der Waals surface area contributed by atoms with E-state index in [1.807, 2.05) is 26.0 Å². The number of aryl methyl sites for hydroxylation is 1. The molecule has 0 fully saturated rings. The van der Waals surface area contributed by atoms with Gasteiger partial charge < -0.3 is 20.5 Å². The molecule has 0 aliphatic heterocycles. The lowest BCUT2D eigenvalue weighted by molar-refractivity contribution is 0.229. The minimum atomic E-state index is -0.360. The molecule has 1 aromatic carbocycles. The van der Waals surface area contributed by atoms with E-state index in [-0.39, 0.29) is 18.7 Å². The number of carbonyl (C=O) groups excluding carboxylic acids is 1. The van der Waals surface area contributed by atoms with Gasteiger partial charge in [0.1, 0.15) is 5.75 Å². The van der Waals surface area contributed by atoms with E-state index >= 15 is 0 Å². The van der Waals surface area contributed by atoms with Crippen LogP contribution in [0.3, 0.4) is 0 Å². The Labute approximate surface area is 107 Å². The van der Waals surface area contributed by atoms with Crippen LogP contribution in [0.5, 0.6) is 5.75 Å². The van der Waals surface area contributed by atoms with E-state index in [4.69, 9.17) is 9.84 Å². The van der Waals surface area contributed by atoms with Gasteiger partial charge in [0.05, 0.1) is 24.9 Å². The number of ether oxygens (including phenoxy) is 1. The molecule has 0 aliphatic carbocycles. The average molecular weight is 252 g/mol. The van der Waals surface area contributed by atoms with Crippen LogP contribution in [-0.2, 0) is 0 Å². The van der Waals surface area contributed by atoms with Gasteiger partial charge in [-0.15, -0.1) is 0 Å². The number of hydrogen-bond donors (Lipinski definition) is 3. The number of nitrogens with one attached hydrogen (secondary N) is 2. The summed E-state index contributed by atoms with van der Waals surface area (Å²) in [6, 6.07) is 4.92. The highest BCUT2D eigenvalue weighted by atomic mass is 16.5. The van der Waals surface area contributed by atoms with Gasteiger partial charge in [-0.1, -0.05) is 6.07 Å². The van der Waals surface area contributed by atoms with E-state index in [0.29, 0.717) is 18.0 Å². The number of amides is 2. The van der Waals surface area contributed by atoms with Gasteiger partial charge in [0.25, 0.3) is 0 Å². The first kappa shape index (κ1) is 14.3. The van der Waals surface area contributed by atoms with Crippen molar-refractivity contribution >= 4 is 11.7 Å². The largest absolute Gasteiger partial charge is 0.492 e. The zero-order valence-electron chi connectivity index (χ0n) is 11.0. The normalized spacial score (nSPS) is 11.8. The molecule has 1 aromatic rings. The molecule has 0 aliphatic rings. The molecule has 5 heteroatoms. The third-order valence-electron chi connectivity index (χ3n) is 2.34. The van der Waals surface area contributed by atoms with Crippen molar-refractivity contribution in [3.05, 3.63) is 23.8 Å². The van der Waals surface area contributed by atoms with Gasteiger partial charge in [-0.05, 0) is 38.5 Å². The molecule has 1 atom stereocenters. The Morgan fingerprint density at radius 3 is 2.83 bits per heavy atom. The molecule has 5 nitrogen and oxygen atoms in total. The van der Waals surface area contributed by atoms with Crippen LogP contribution < -0.4 is 15.4 Å². The van der Waals surface area contributed by atoms with Crippen LogP contribution in [0, 0.1) is 6.92 Å². The molecule has 1 unspecified atom stereocenters. The number of carbonyl (C=O) groups is 1. The maximum absolute atomic E-state index is 11.6. The average Bonchev–Trinajstić information content (AvgIpc) is 2.32. The van der Waals surface area contributed by atoms with Gasteiger partial charge in [0, 0.05) is 0 Å². The second kappa shape index (κ2) is 6.86. The minimum Gasteiger partial charge on any atom is -0.492 e. The Kier molecular flexibility index (Phi) is 5.45. The number of aliphatic hydroxyl groups excluding tert-OH is 1. The quantitative estimate of drug-likeness (QED) is 0.749. The maximum Gasteiger partial charge on any atom is 0.319 e. The van der Waals surface area contributed by atoms with E-state index in [1.165, 1.54) is 0 Å². The molecular formula is C13H20N2O3. The Balaban J connectivity index is 2.74. The molecule has 0 heterocycles. The molecule has 0 spiro atoms. The molecule has 0 saturated carbocycles. The van der Waals surface area contributed by atoms with Crippen LogP contribution in [0.25, 0.3) is 0 Å². The summed E-state index contributed by atoms with van der Waals surface area (Å²) in [5.74, 6) is 0.643. The van der Waals surface area contributed by atoms with Crippen molar-refractivity contribution in [2.45, 2.75) is 26.8 Å². The van der Waals surface area contributed by atoms with Crippen molar-refractivity contribution in [3.8, 4) is 5.75 Å². The van der Waals surface area contributed by atoms with E-state index in [9.17, 15) is 4.79 Å². The fraction of sp³-hybridized carbons (Fsp3) is 0.462. The molecule has 100 valence electrons. The van der Waals surface area contributed by atoms with Crippen molar-refractivity contribution in [2.24, 2.45) is 0 Å². The second-order valence-corrected chi connectivity index (χ2v) is 4.11. The van der Waals surface area contributed by atoms with Crippen LogP contribution in [0.15, 0.2) is 18.2 Å². The number of aliphatic hydroxyl groups is 1. The summed E-state index contributed by atoms with van der Waals surface area (Å²) in [6.45, 7) is 6.00. The standard InChI is InChI=1S/C13H20N2O3/c1-4-18-12-7-9(2)5-6-11(12)15-13(17)14-10(3)8-16/h5-7,10,16H,4,8H2,1-3H3,(H2,14,15,17). The highest BCUT2D eigenvalue weighted by Gasteiger charge is 2.09. The first-order chi connectivity index (χ1) is 8.56. The first-order valence-electron chi connectivity index (χ1n) is 5.98. The Morgan fingerprint density at radius 1 is 1.50 bits per heavy atom. The number of benzene rings is 1. The van der Waals surface area contributed by atoms with Gasteiger partial charge in [-0.25, -0.2) is 4.79 Å². The lowest BCUT2D eigenvalue weighted by Gasteiger charge is -2.15. The number of urea groups is 1. The fourth-order valence-electron chi connectivity index (χ4n) is 1.44. The lowest BCUT2D eigenvalue weighted by atomic mass is 10.2. The fourth-order valence-corrected chi connectivity index (χ4v) is 1.44. The predicted molar refractivity (Wildman–Crippen MR) is 71.1 cm³/mol. The monoisotopic (exact) mass is 252 g/mol. The second-order valence-electron chi connectivity index (χ2n) is 4.11. The Hall–Kier alpha value is -1.75. The van der Waals surface area contributed by atoms with E-state index < -0.39 is 0 Å². The highest BCUT2D eigenvalue weighted by molar-refractivity contribution is 5.91. The van der Waals surface area contributed by atoms with Crippen LogP contribution in [-0.4, -0.2) is 30.4 Å². The molecule has 2 amide bonds. The van der Waals surface area contributed by atoms with Gasteiger partial charge in [0.15, 0.2) is 0 Å². The molecule has 18 heavy (non-hydrogen) atoms. The third kappa shape index (κ3) is 4.25. The highest BCUT2D eigenvalue weighted by Crippen LogP contribution is 2.25. The molecule has 1 rings (SSSR count). The topological polar surface area (TPSA) is 70.6 Å². The number of rotatable bonds is 5. The minimum absolute atomic E-state index is 0.0976. The van der Waals surface area contributed by atoms with Crippen LogP contribution in [0.2, 0.25) is 0 Å². The Morgan fingerprint density at radius 2 is 2.22 bits per heavy atom. The van der Waals surface area contributed by atoms with Crippen molar-refractivity contribution in [3.63, 3.8) is 0 Å². The van der Waals surface area contributed by atoms with Gasteiger partial charge >= 0.3 is 6.03 Å². The van der Waals surface area contributed by atoms with Gasteiger partial charge in [-0.3, -0.25) is 0 Å². The lowest BCUT2D eigenvalue weighted by Crippen LogP contribution is -2.38. The van der Waals surface area contributed by atoms with Crippen molar-refractivity contribution < 1.29 is 14.6 Å². The zero-order chi connectivity index (χ0) is 13.5. The number of hydrogen-bond acceptors (Lipinski definition) is 3. The van der Waals surface area contributed by atoms with Crippen LogP contribution >= 0.6 is 0 Å². The molecule has 3 N–H and O–H groups in total. The van der Waals surface area contributed by atoms with E-state index in [2.05, 4.69) is 10.6 Å². The predicted octanol–water partition coefficient (Wildman–Crippen LogP) is 1.90. The van der Waals surface area contributed by atoms with E-state index in [0.717, 1.165) is 5.56 Å². The van der Waals surface area contributed by atoms with Gasteiger partial charge in [-0.2, -0.15) is 0 Å². The van der Waals surface area contributed by atoms with Crippen LogP contribution in [0.1, 0.15) is 19.4 Å². The summed E-state index contributed by atoms with van der Waals surface area (Å²) >= 11 is 0. The summed E-state index contributed by atoms with van der Waals surface area (Å²) in [5.41, 5.74) is 1.68. The first-order valence-corrected chi connectivity index (χ1v) is 5.98. The summed E-state index contributed by atoms with van der Waals surface area (Å²) in [4.78, 5) is 11.6. The molecule has 0 radical (unpaired) electrons. The summed E-state index contributed by atoms with van der Waals surface area (Å²) in [6.07, 6.45) is 0. The summed E-state index contributed by atoms with van der Waals surface area (Å²) < 4.78 is 5.46. The van der Waals surface area contributed by atoms with Crippen molar-refractivity contribution in [1.29, 1.82) is 0 Å². The SMILES string of the molecule is CCOc1cc(C)ccc1NC(=O)NC(C)CO. The molecular weight excluding hydrogens is 232 g/mol. The smallest absolute Gasteiger partial charge is 0.319 e. The molecule has 0 saturated heterocycles. The third-order valence-corrected chi connectivity index (χ3v) is 2.34. The number of anilines is 1. The van der Waals surface area contributed by atoms with Crippen molar-refractivity contribution in [1.82, 2.24) is 5.32 Å².